The molecule has 4 nitrogen and oxygen atoms in total. The minimum atomic E-state index is -1.32. The van der Waals surface area contributed by atoms with Crippen LogP contribution < -0.4 is 4.74 Å². The Balaban J connectivity index is 2.11. The van der Waals surface area contributed by atoms with Crippen LogP contribution in [0.2, 0.25) is 0 Å². The van der Waals surface area contributed by atoms with Gasteiger partial charge in [0.15, 0.2) is 11.6 Å². The molecule has 1 aromatic heterocycles. The Hall–Kier alpha value is -2.60. The number of aromatic nitrogens is 1. The molecule has 0 bridgehead atoms. The van der Waals surface area contributed by atoms with E-state index in [1.54, 1.807) is 12.1 Å². The lowest BCUT2D eigenvalue weighted by atomic mass is 10.1. The Morgan fingerprint density at radius 1 is 1.33 bits per heavy atom. The molecule has 1 unspecified atom stereocenters. The highest BCUT2D eigenvalue weighted by Gasteiger charge is 2.21. The number of aliphatic hydroxyl groups is 1. The van der Waals surface area contributed by atoms with Crippen molar-refractivity contribution in [2.24, 2.45) is 0 Å². The Morgan fingerprint density at radius 3 is 2.71 bits per heavy atom. The molecular formula is C15H11F2NO3. The quantitative estimate of drug-likeness (QED) is 0.534. The Kier molecular flexibility index (Phi) is 4.39. The second-order valence-corrected chi connectivity index (χ2v) is 4.18. The summed E-state index contributed by atoms with van der Waals surface area (Å²) in [5, 5.41) is 9.96. The lowest BCUT2D eigenvalue weighted by Crippen LogP contribution is -2.17. The number of rotatable bonds is 4. The molecule has 0 spiro atoms. The van der Waals surface area contributed by atoms with Crippen molar-refractivity contribution in [3.63, 3.8) is 0 Å². The maximum atomic E-state index is 13.4. The van der Waals surface area contributed by atoms with E-state index in [1.165, 1.54) is 12.4 Å². The van der Waals surface area contributed by atoms with Crippen molar-refractivity contribution in [1.82, 2.24) is 4.98 Å². The number of carbonyl (C=O) groups is 1. The van der Waals surface area contributed by atoms with Crippen molar-refractivity contribution in [3.05, 3.63) is 72.1 Å². The van der Waals surface area contributed by atoms with Gasteiger partial charge < -0.3 is 9.84 Å². The molecule has 0 aliphatic rings. The van der Waals surface area contributed by atoms with E-state index in [1.807, 2.05) is 0 Å². The van der Waals surface area contributed by atoms with Gasteiger partial charge in [-0.3, -0.25) is 4.98 Å². The Bertz CT molecular complexity index is 674. The second kappa shape index (κ2) is 6.23. The van der Waals surface area contributed by atoms with Crippen molar-refractivity contribution in [1.29, 1.82) is 0 Å². The van der Waals surface area contributed by atoms with Gasteiger partial charge in [-0.1, -0.05) is 12.6 Å². The maximum Gasteiger partial charge on any atom is 0.341 e. The normalized spacial score (nSPS) is 11.8. The molecule has 6 heteroatoms. The highest BCUT2D eigenvalue weighted by molar-refractivity contribution is 5.90. The lowest BCUT2D eigenvalue weighted by Gasteiger charge is -2.13. The van der Waals surface area contributed by atoms with E-state index in [0.717, 1.165) is 12.1 Å². The number of benzene rings is 1. The van der Waals surface area contributed by atoms with E-state index in [2.05, 4.69) is 11.6 Å². The van der Waals surface area contributed by atoms with Gasteiger partial charge >= 0.3 is 5.97 Å². The summed E-state index contributed by atoms with van der Waals surface area (Å²) in [4.78, 5) is 15.6. The topological polar surface area (TPSA) is 59.4 Å². The largest absolute Gasteiger partial charge is 0.420 e. The second-order valence-electron chi connectivity index (χ2n) is 4.18. The van der Waals surface area contributed by atoms with Crippen LogP contribution >= 0.6 is 0 Å². The van der Waals surface area contributed by atoms with Crippen LogP contribution in [0.5, 0.6) is 5.75 Å². The van der Waals surface area contributed by atoms with Gasteiger partial charge in [-0.25, -0.2) is 13.6 Å². The predicted molar refractivity (Wildman–Crippen MR) is 70.3 cm³/mol. The molecule has 0 aliphatic carbocycles. The molecule has 2 aromatic rings. The number of hydrogen-bond acceptors (Lipinski definition) is 4. The SMILES string of the molecule is C=C(C(=O)Oc1ccc(F)cc1F)C(O)c1cccnc1. The number of aliphatic hydroxyl groups excluding tert-OH is 1. The zero-order chi connectivity index (χ0) is 15.4. The molecule has 1 N–H and O–H groups in total. The summed E-state index contributed by atoms with van der Waals surface area (Å²) in [5.41, 5.74) is 0.0609. The van der Waals surface area contributed by atoms with Crippen LogP contribution in [0.1, 0.15) is 11.7 Å². The molecule has 0 aliphatic heterocycles. The van der Waals surface area contributed by atoms with E-state index in [9.17, 15) is 18.7 Å². The highest BCUT2D eigenvalue weighted by atomic mass is 19.1. The summed E-state index contributed by atoms with van der Waals surface area (Å²) in [6, 6.07) is 5.65. The Morgan fingerprint density at radius 2 is 2.10 bits per heavy atom. The van der Waals surface area contributed by atoms with Gasteiger partial charge in [0.05, 0.1) is 5.57 Å². The first-order valence-corrected chi connectivity index (χ1v) is 5.93. The molecule has 0 saturated heterocycles. The van der Waals surface area contributed by atoms with Crippen molar-refractivity contribution in [2.45, 2.75) is 6.10 Å². The number of hydrogen-bond donors (Lipinski definition) is 1. The van der Waals surface area contributed by atoms with Gasteiger partial charge in [-0.15, -0.1) is 0 Å². The number of carbonyl (C=O) groups excluding carboxylic acids is 1. The van der Waals surface area contributed by atoms with Crippen LogP contribution in [-0.4, -0.2) is 16.1 Å². The van der Waals surface area contributed by atoms with E-state index >= 15 is 0 Å². The summed E-state index contributed by atoms with van der Waals surface area (Å²) < 4.78 is 30.9. The molecule has 21 heavy (non-hydrogen) atoms. The molecule has 2 rings (SSSR count). The molecule has 0 saturated carbocycles. The van der Waals surface area contributed by atoms with Gasteiger partial charge in [0.1, 0.15) is 11.9 Å². The number of esters is 1. The van der Waals surface area contributed by atoms with Crippen LogP contribution in [0.15, 0.2) is 54.9 Å². The summed E-state index contributed by atoms with van der Waals surface area (Å²) in [6.45, 7) is 3.43. The summed E-state index contributed by atoms with van der Waals surface area (Å²) in [5.74, 6) is -3.27. The summed E-state index contributed by atoms with van der Waals surface area (Å²) in [7, 11) is 0. The van der Waals surface area contributed by atoms with Crippen LogP contribution in [-0.2, 0) is 4.79 Å². The molecule has 1 aromatic carbocycles. The van der Waals surface area contributed by atoms with Crippen molar-refractivity contribution in [2.75, 3.05) is 0 Å². The number of halogens is 2. The fourth-order valence-electron chi connectivity index (χ4n) is 1.57. The first kappa shape index (κ1) is 14.8. The van der Waals surface area contributed by atoms with Gasteiger partial charge in [-0.2, -0.15) is 0 Å². The zero-order valence-corrected chi connectivity index (χ0v) is 10.8. The minimum Gasteiger partial charge on any atom is -0.420 e. The van der Waals surface area contributed by atoms with E-state index < -0.39 is 29.5 Å². The van der Waals surface area contributed by atoms with E-state index in [-0.39, 0.29) is 5.57 Å². The third kappa shape index (κ3) is 3.49. The lowest BCUT2D eigenvalue weighted by molar-refractivity contribution is -0.131. The summed E-state index contributed by atoms with van der Waals surface area (Å²) in [6.07, 6.45) is 1.54. The van der Waals surface area contributed by atoms with Crippen molar-refractivity contribution < 1.29 is 23.4 Å². The molecule has 1 heterocycles. The maximum absolute atomic E-state index is 13.4. The number of ether oxygens (including phenoxy) is 1. The molecular weight excluding hydrogens is 280 g/mol. The minimum absolute atomic E-state index is 0.285. The van der Waals surface area contributed by atoms with E-state index in [0.29, 0.717) is 11.6 Å². The predicted octanol–water partition coefficient (Wildman–Crippen LogP) is 2.56. The zero-order valence-electron chi connectivity index (χ0n) is 10.8. The first-order valence-electron chi connectivity index (χ1n) is 5.93. The number of pyridine rings is 1. The van der Waals surface area contributed by atoms with Gasteiger partial charge in [0, 0.05) is 24.0 Å². The van der Waals surface area contributed by atoms with Gasteiger partial charge in [-0.05, 0) is 18.2 Å². The Labute approximate surface area is 119 Å². The molecule has 0 amide bonds. The van der Waals surface area contributed by atoms with Crippen molar-refractivity contribution >= 4 is 5.97 Å². The molecule has 1 atom stereocenters. The third-order valence-electron chi connectivity index (χ3n) is 2.69. The van der Waals surface area contributed by atoms with Crippen molar-refractivity contribution in [3.8, 4) is 5.75 Å². The standard InChI is InChI=1S/C15H11F2NO3/c1-9(14(19)10-3-2-6-18-8-10)15(20)21-13-5-4-11(16)7-12(13)17/h2-8,14,19H,1H2. The average Bonchev–Trinajstić information content (AvgIpc) is 2.49. The van der Waals surface area contributed by atoms with Crippen LogP contribution in [0.25, 0.3) is 0 Å². The fraction of sp³-hybridized carbons (Fsp3) is 0.0667. The monoisotopic (exact) mass is 291 g/mol. The van der Waals surface area contributed by atoms with Crippen LogP contribution in [0.4, 0.5) is 8.78 Å². The van der Waals surface area contributed by atoms with Crippen LogP contribution in [0.3, 0.4) is 0 Å². The molecule has 0 fully saturated rings. The van der Waals surface area contributed by atoms with Crippen LogP contribution in [0, 0.1) is 11.6 Å². The summed E-state index contributed by atoms with van der Waals surface area (Å²) >= 11 is 0. The molecule has 108 valence electrons. The third-order valence-corrected chi connectivity index (χ3v) is 2.69. The highest BCUT2D eigenvalue weighted by Crippen LogP contribution is 2.23. The van der Waals surface area contributed by atoms with E-state index in [4.69, 9.17) is 4.74 Å². The number of nitrogens with zero attached hydrogens (tertiary/aromatic N) is 1. The van der Waals surface area contributed by atoms with Gasteiger partial charge in [0.25, 0.3) is 0 Å². The molecule has 0 radical (unpaired) electrons. The van der Waals surface area contributed by atoms with Gasteiger partial charge in [0.2, 0.25) is 0 Å². The fourth-order valence-corrected chi connectivity index (χ4v) is 1.57. The first-order chi connectivity index (χ1) is 9.99. The smallest absolute Gasteiger partial charge is 0.341 e. The average molecular weight is 291 g/mol.